The number of carboxylic acid groups (broad SMARTS) is 1. The molecule has 0 radical (unpaired) electrons. The molecule has 0 aliphatic carbocycles. The van der Waals surface area contributed by atoms with Crippen LogP contribution in [0.2, 0.25) is 0 Å². The summed E-state index contributed by atoms with van der Waals surface area (Å²) < 4.78 is 11.6. The van der Waals surface area contributed by atoms with Gasteiger partial charge in [0.1, 0.15) is 18.9 Å². The highest BCUT2D eigenvalue weighted by Crippen LogP contribution is 2.28. The minimum atomic E-state index is -1.12. The van der Waals surface area contributed by atoms with Crippen LogP contribution < -0.4 is 11.2 Å². The predicted molar refractivity (Wildman–Crippen MR) is 91.6 cm³/mol. The molecular formula is C15H17BrN2O8. The van der Waals surface area contributed by atoms with Crippen molar-refractivity contribution in [2.45, 2.75) is 37.7 Å². The van der Waals surface area contributed by atoms with Gasteiger partial charge >= 0.3 is 17.6 Å². The van der Waals surface area contributed by atoms with E-state index in [2.05, 4.69) is 20.9 Å². The number of aliphatic carboxylic acids is 1. The summed E-state index contributed by atoms with van der Waals surface area (Å²) in [6.07, 6.45) is -0.557. The minimum absolute atomic E-state index is 0.0563. The van der Waals surface area contributed by atoms with Crippen LogP contribution in [0.3, 0.4) is 0 Å². The van der Waals surface area contributed by atoms with Crippen molar-refractivity contribution >= 4 is 33.9 Å². The molecule has 26 heavy (non-hydrogen) atoms. The number of aliphatic hydroxyl groups excluding tert-OH is 1. The number of hydrogen-bond donors (Lipinski definition) is 3. The first-order valence-corrected chi connectivity index (χ1v) is 8.56. The van der Waals surface area contributed by atoms with Crippen molar-refractivity contribution < 1.29 is 29.3 Å². The van der Waals surface area contributed by atoms with E-state index < -0.39 is 41.6 Å². The molecule has 0 amide bonds. The third-order valence-electron chi connectivity index (χ3n) is 3.70. The number of nitrogens with zero attached hydrogens (tertiary/aromatic N) is 1. The Morgan fingerprint density at radius 2 is 2.15 bits per heavy atom. The topological polar surface area (TPSA) is 148 Å². The molecule has 1 fully saturated rings. The molecule has 142 valence electrons. The zero-order valence-electron chi connectivity index (χ0n) is 13.5. The second-order valence-corrected chi connectivity index (χ2v) is 6.08. The van der Waals surface area contributed by atoms with Gasteiger partial charge in [0, 0.05) is 12.6 Å². The summed E-state index contributed by atoms with van der Waals surface area (Å²) in [4.78, 5) is 49.1. The molecule has 0 bridgehead atoms. The van der Waals surface area contributed by atoms with Gasteiger partial charge in [-0.05, 0) is 11.1 Å². The molecule has 1 saturated heterocycles. The van der Waals surface area contributed by atoms with Gasteiger partial charge in [-0.3, -0.25) is 23.9 Å². The van der Waals surface area contributed by atoms with E-state index in [0.717, 1.165) is 4.57 Å². The zero-order valence-corrected chi connectivity index (χ0v) is 15.0. The maximum Gasteiger partial charge on any atom is 0.330 e. The van der Waals surface area contributed by atoms with Crippen LogP contribution in [0.1, 0.15) is 31.1 Å². The van der Waals surface area contributed by atoms with E-state index in [1.165, 1.54) is 17.3 Å². The first-order valence-electron chi connectivity index (χ1n) is 7.65. The smallest absolute Gasteiger partial charge is 0.330 e. The summed E-state index contributed by atoms with van der Waals surface area (Å²) in [5.74, 6) is -1.84. The fourth-order valence-corrected chi connectivity index (χ4v) is 2.68. The lowest BCUT2D eigenvalue weighted by atomic mass is 10.2. The zero-order chi connectivity index (χ0) is 19.3. The third kappa shape index (κ3) is 5.13. The Morgan fingerprint density at radius 3 is 2.81 bits per heavy atom. The molecule has 0 unspecified atom stereocenters. The van der Waals surface area contributed by atoms with E-state index in [-0.39, 0.29) is 31.4 Å². The number of carbonyl (C=O) groups excluding carboxylic acids is 1. The Hall–Kier alpha value is -2.24. The lowest BCUT2D eigenvalue weighted by Gasteiger charge is -2.16. The molecule has 3 atom stereocenters. The summed E-state index contributed by atoms with van der Waals surface area (Å²) in [6, 6.07) is 0. The highest BCUT2D eigenvalue weighted by atomic mass is 79.9. The lowest BCUT2D eigenvalue weighted by molar-refractivity contribution is -0.152. The van der Waals surface area contributed by atoms with Crippen LogP contribution in [-0.4, -0.2) is 50.5 Å². The van der Waals surface area contributed by atoms with E-state index in [4.69, 9.17) is 14.6 Å². The van der Waals surface area contributed by atoms with Crippen LogP contribution in [0.5, 0.6) is 0 Å². The highest BCUT2D eigenvalue weighted by molar-refractivity contribution is 9.11. The Labute approximate surface area is 155 Å². The van der Waals surface area contributed by atoms with Gasteiger partial charge in [-0.15, -0.1) is 0 Å². The van der Waals surface area contributed by atoms with Crippen molar-refractivity contribution in [1.29, 1.82) is 0 Å². The maximum atomic E-state index is 12.0. The number of hydrogen-bond acceptors (Lipinski definition) is 7. The number of H-pyrrole nitrogens is 1. The predicted octanol–water partition coefficient (Wildman–Crippen LogP) is -0.0414. The Morgan fingerprint density at radius 1 is 1.42 bits per heavy atom. The molecule has 2 heterocycles. The SMILES string of the molecule is O=C(O)CCC(=O)OC[C@H]1O[C@@H](n2cc(/C=C/Br)c(=O)[nH]c2=O)C[C@@H]1O. The van der Waals surface area contributed by atoms with Crippen LogP contribution >= 0.6 is 15.9 Å². The Balaban J connectivity index is 2.03. The molecule has 0 saturated carbocycles. The number of ether oxygens (including phenoxy) is 2. The number of esters is 1. The number of aliphatic hydroxyl groups is 1. The Kier molecular flexibility index (Phi) is 6.89. The van der Waals surface area contributed by atoms with Gasteiger partial charge in [0.05, 0.1) is 24.5 Å². The van der Waals surface area contributed by atoms with Crippen molar-refractivity contribution in [3.8, 4) is 0 Å². The second-order valence-electron chi connectivity index (χ2n) is 5.55. The molecule has 0 spiro atoms. The Bertz CT molecular complexity index is 815. The van der Waals surface area contributed by atoms with E-state index in [9.17, 15) is 24.3 Å². The standard InChI is InChI=1S/C15H17BrN2O8/c16-4-3-8-6-18(15(24)17-14(8)23)11-5-9(19)10(26-11)7-25-13(22)2-1-12(20)21/h3-4,6,9-11,19H,1-2,5,7H2,(H,20,21)(H,17,23,24)/b4-3+/t9-,10+,11+/m0/s1. The van der Waals surface area contributed by atoms with Gasteiger partial charge < -0.3 is 19.7 Å². The fraction of sp³-hybridized carbons (Fsp3) is 0.467. The first-order chi connectivity index (χ1) is 12.3. The summed E-state index contributed by atoms with van der Waals surface area (Å²) >= 11 is 3.04. The molecule has 10 nitrogen and oxygen atoms in total. The van der Waals surface area contributed by atoms with Crippen LogP contribution in [0.25, 0.3) is 6.08 Å². The molecule has 1 aromatic rings. The van der Waals surface area contributed by atoms with E-state index in [0.29, 0.717) is 0 Å². The molecule has 1 aromatic heterocycles. The number of carboxylic acids is 1. The summed E-state index contributed by atoms with van der Waals surface area (Å²) in [5.41, 5.74) is -1.05. The van der Waals surface area contributed by atoms with Gasteiger partial charge in [-0.1, -0.05) is 15.9 Å². The molecule has 1 aliphatic rings. The fourth-order valence-electron chi connectivity index (χ4n) is 2.39. The first kappa shape index (κ1) is 20.1. The molecule has 2 rings (SSSR count). The summed E-state index contributed by atoms with van der Waals surface area (Å²) in [6.45, 7) is -0.275. The van der Waals surface area contributed by atoms with Gasteiger partial charge in [-0.25, -0.2) is 4.79 Å². The van der Waals surface area contributed by atoms with Gasteiger partial charge in [0.25, 0.3) is 5.56 Å². The van der Waals surface area contributed by atoms with E-state index in [1.807, 2.05) is 0 Å². The monoisotopic (exact) mass is 432 g/mol. The van der Waals surface area contributed by atoms with Crippen molar-refractivity contribution in [3.63, 3.8) is 0 Å². The third-order valence-corrected chi connectivity index (χ3v) is 3.97. The van der Waals surface area contributed by atoms with Crippen LogP contribution in [0.4, 0.5) is 0 Å². The van der Waals surface area contributed by atoms with Crippen molar-refractivity contribution in [2.24, 2.45) is 0 Å². The quantitative estimate of drug-likeness (QED) is 0.508. The lowest BCUT2D eigenvalue weighted by Crippen LogP contribution is -2.33. The van der Waals surface area contributed by atoms with Gasteiger partial charge in [0.2, 0.25) is 0 Å². The van der Waals surface area contributed by atoms with E-state index >= 15 is 0 Å². The number of carbonyl (C=O) groups is 2. The number of aromatic amines is 1. The van der Waals surface area contributed by atoms with Crippen molar-refractivity contribution in [2.75, 3.05) is 6.61 Å². The molecule has 0 aromatic carbocycles. The van der Waals surface area contributed by atoms with Crippen LogP contribution in [0, 0.1) is 0 Å². The molecular weight excluding hydrogens is 416 g/mol. The second kappa shape index (κ2) is 8.92. The molecule has 3 N–H and O–H groups in total. The molecule has 11 heteroatoms. The average Bonchev–Trinajstić information content (AvgIpc) is 2.94. The highest BCUT2D eigenvalue weighted by Gasteiger charge is 2.36. The number of aromatic nitrogens is 2. The minimum Gasteiger partial charge on any atom is -0.481 e. The largest absolute Gasteiger partial charge is 0.481 e. The molecule has 1 aliphatic heterocycles. The van der Waals surface area contributed by atoms with Crippen LogP contribution in [0.15, 0.2) is 20.8 Å². The summed E-state index contributed by atoms with van der Waals surface area (Å²) in [5, 5.41) is 18.6. The summed E-state index contributed by atoms with van der Waals surface area (Å²) in [7, 11) is 0. The van der Waals surface area contributed by atoms with Crippen molar-refractivity contribution in [3.05, 3.63) is 37.6 Å². The normalized spacial score (nSPS) is 22.6. The van der Waals surface area contributed by atoms with Gasteiger partial charge in [0.15, 0.2) is 0 Å². The van der Waals surface area contributed by atoms with Gasteiger partial charge in [-0.2, -0.15) is 0 Å². The van der Waals surface area contributed by atoms with E-state index in [1.54, 1.807) is 0 Å². The van der Waals surface area contributed by atoms with Crippen molar-refractivity contribution in [1.82, 2.24) is 9.55 Å². The number of rotatable bonds is 7. The number of halogens is 1. The van der Waals surface area contributed by atoms with Crippen LogP contribution in [-0.2, 0) is 19.1 Å². The maximum absolute atomic E-state index is 12.0. The number of nitrogens with one attached hydrogen (secondary N) is 1. The average molecular weight is 433 g/mol.